The zero-order chi connectivity index (χ0) is 17.7. The summed E-state index contributed by atoms with van der Waals surface area (Å²) in [5.41, 5.74) is 3.72. The average molecular weight is 340 g/mol. The van der Waals surface area contributed by atoms with Gasteiger partial charge in [0, 0.05) is 11.1 Å². The summed E-state index contributed by atoms with van der Waals surface area (Å²) >= 11 is 0. The lowest BCUT2D eigenvalue weighted by Gasteiger charge is -2.25. The Hall–Kier alpha value is -3.33. The summed E-state index contributed by atoms with van der Waals surface area (Å²) in [5.74, 6) is 0.232. The van der Waals surface area contributed by atoms with Gasteiger partial charge in [0.05, 0.1) is 7.11 Å². The van der Waals surface area contributed by atoms with Crippen LogP contribution in [0.4, 0.5) is 0 Å². The first kappa shape index (κ1) is 15.0. The van der Waals surface area contributed by atoms with Crippen LogP contribution in [-0.4, -0.2) is 13.1 Å². The van der Waals surface area contributed by atoms with Gasteiger partial charge in [-0.15, -0.1) is 0 Å². The zero-order valence-corrected chi connectivity index (χ0v) is 14.3. The van der Waals surface area contributed by atoms with E-state index < -0.39 is 0 Å². The van der Waals surface area contributed by atoms with E-state index in [2.05, 4.69) is 30.3 Å². The maximum absolute atomic E-state index is 12.4. The van der Waals surface area contributed by atoms with Crippen LogP contribution >= 0.6 is 0 Å². The number of hydrogen-bond donors (Lipinski definition) is 0. The van der Waals surface area contributed by atoms with Crippen LogP contribution < -0.4 is 4.74 Å². The molecule has 1 aliphatic rings. The number of methoxy groups -OCH3 is 1. The average Bonchev–Trinajstić information content (AvgIpc) is 2.71. The van der Waals surface area contributed by atoms with Gasteiger partial charge < -0.3 is 9.47 Å². The highest BCUT2D eigenvalue weighted by molar-refractivity contribution is 6.13. The molecule has 5 rings (SSSR count). The molecule has 3 nitrogen and oxygen atoms in total. The summed E-state index contributed by atoms with van der Waals surface area (Å²) in [4.78, 5) is 12.4. The van der Waals surface area contributed by atoms with Crippen molar-refractivity contribution >= 4 is 27.5 Å². The summed E-state index contributed by atoms with van der Waals surface area (Å²) in [5, 5.41) is 4.41. The number of fused-ring (bicyclic) bond motifs is 7. The molecule has 1 aliphatic heterocycles. The molecule has 0 aromatic heterocycles. The van der Waals surface area contributed by atoms with Crippen molar-refractivity contribution in [2.75, 3.05) is 7.11 Å². The van der Waals surface area contributed by atoms with E-state index in [1.54, 1.807) is 0 Å². The summed E-state index contributed by atoms with van der Waals surface area (Å²) in [6.45, 7) is 0.440. The van der Waals surface area contributed by atoms with Crippen LogP contribution in [-0.2, 0) is 11.3 Å². The van der Waals surface area contributed by atoms with Gasteiger partial charge in [-0.05, 0) is 33.2 Å². The van der Waals surface area contributed by atoms with Crippen LogP contribution in [0.5, 0.6) is 5.75 Å². The van der Waals surface area contributed by atoms with Gasteiger partial charge in [0.15, 0.2) is 0 Å². The molecule has 0 aliphatic carbocycles. The molecule has 126 valence electrons. The highest BCUT2D eigenvalue weighted by Crippen LogP contribution is 2.47. The highest BCUT2D eigenvalue weighted by Gasteiger charge is 2.27. The Labute approximate surface area is 150 Å². The maximum atomic E-state index is 12.4. The number of hydrogen-bond acceptors (Lipinski definition) is 3. The van der Waals surface area contributed by atoms with Gasteiger partial charge >= 0.3 is 5.97 Å². The maximum Gasteiger partial charge on any atom is 0.341 e. The monoisotopic (exact) mass is 340 g/mol. The van der Waals surface area contributed by atoms with Crippen LogP contribution in [0.1, 0.15) is 15.9 Å². The van der Waals surface area contributed by atoms with Crippen molar-refractivity contribution in [2.45, 2.75) is 6.61 Å². The van der Waals surface area contributed by atoms with Crippen molar-refractivity contribution in [3.63, 3.8) is 0 Å². The Balaban J connectivity index is 1.98. The normalized spacial score (nSPS) is 12.3. The molecule has 0 atom stereocenters. The van der Waals surface area contributed by atoms with E-state index in [1.165, 1.54) is 17.9 Å². The summed E-state index contributed by atoms with van der Waals surface area (Å²) in [6.07, 6.45) is 0. The van der Waals surface area contributed by atoms with E-state index in [1.807, 2.05) is 36.4 Å². The van der Waals surface area contributed by atoms with E-state index in [9.17, 15) is 4.79 Å². The smallest absolute Gasteiger partial charge is 0.341 e. The minimum Gasteiger partial charge on any atom is -0.487 e. The van der Waals surface area contributed by atoms with Gasteiger partial charge in [0.25, 0.3) is 0 Å². The minimum absolute atomic E-state index is 0.379. The number of esters is 1. The second-order valence-corrected chi connectivity index (χ2v) is 6.45. The lowest BCUT2D eigenvalue weighted by Crippen LogP contribution is -2.12. The van der Waals surface area contributed by atoms with E-state index in [4.69, 9.17) is 9.47 Å². The molecule has 3 heteroatoms. The molecule has 0 bridgehead atoms. The number of ether oxygens (including phenoxy) is 2. The Bertz CT molecular complexity index is 1190. The molecule has 0 fully saturated rings. The summed E-state index contributed by atoms with van der Waals surface area (Å²) in [6, 6.07) is 22.5. The summed E-state index contributed by atoms with van der Waals surface area (Å²) < 4.78 is 11.1. The number of rotatable bonds is 1. The molecule has 26 heavy (non-hydrogen) atoms. The quantitative estimate of drug-likeness (QED) is 0.439. The molecule has 0 spiro atoms. The van der Waals surface area contributed by atoms with Crippen LogP contribution in [0.15, 0.2) is 66.7 Å². The summed E-state index contributed by atoms with van der Waals surface area (Å²) in [7, 11) is 1.40. The molecular formula is C23H16O3. The molecule has 0 radical (unpaired) electrons. The molecule has 1 heterocycles. The standard InChI is InChI=1S/C23H16O3/c1-25-23(24)19-12-15-7-3-5-9-18(15)21-20-16(13-26-22(19)21)11-10-14-6-2-4-8-17(14)20/h2-12H,13H2,1H3. The number of carbonyl (C=O) groups is 1. The zero-order valence-electron chi connectivity index (χ0n) is 14.3. The van der Waals surface area contributed by atoms with Gasteiger partial charge in [0.2, 0.25) is 0 Å². The van der Waals surface area contributed by atoms with Crippen molar-refractivity contribution in [1.29, 1.82) is 0 Å². The van der Waals surface area contributed by atoms with Gasteiger partial charge in [-0.2, -0.15) is 0 Å². The largest absolute Gasteiger partial charge is 0.487 e. The molecule has 0 saturated heterocycles. The highest BCUT2D eigenvalue weighted by atomic mass is 16.5. The predicted molar refractivity (Wildman–Crippen MR) is 103 cm³/mol. The fourth-order valence-corrected chi connectivity index (χ4v) is 3.87. The third-order valence-corrected chi connectivity index (χ3v) is 5.04. The second kappa shape index (κ2) is 5.60. The van der Waals surface area contributed by atoms with Gasteiger partial charge in [0.1, 0.15) is 17.9 Å². The number of benzene rings is 4. The molecule has 0 saturated carbocycles. The molecule has 0 N–H and O–H groups in total. The van der Waals surface area contributed by atoms with Gasteiger partial charge in [-0.25, -0.2) is 4.79 Å². The third kappa shape index (κ3) is 2.04. The van der Waals surface area contributed by atoms with Crippen molar-refractivity contribution in [3.05, 3.63) is 77.9 Å². The topological polar surface area (TPSA) is 35.5 Å². The van der Waals surface area contributed by atoms with Gasteiger partial charge in [-0.3, -0.25) is 0 Å². The first-order valence-corrected chi connectivity index (χ1v) is 8.56. The van der Waals surface area contributed by atoms with Gasteiger partial charge in [-0.1, -0.05) is 60.7 Å². The Morgan fingerprint density at radius 1 is 0.885 bits per heavy atom. The number of carbonyl (C=O) groups excluding carboxylic acids is 1. The third-order valence-electron chi connectivity index (χ3n) is 5.04. The lowest BCUT2D eigenvalue weighted by molar-refractivity contribution is 0.0595. The fraction of sp³-hybridized carbons (Fsp3) is 0.0870. The SMILES string of the molecule is COC(=O)c1cc2ccccc2c2c1OCc1ccc3ccccc3c1-2. The van der Waals surface area contributed by atoms with Crippen molar-refractivity contribution in [1.82, 2.24) is 0 Å². The predicted octanol–water partition coefficient (Wildman–Crippen LogP) is 5.34. The van der Waals surface area contributed by atoms with Crippen LogP contribution in [0.3, 0.4) is 0 Å². The Morgan fingerprint density at radius 2 is 1.58 bits per heavy atom. The Kier molecular flexibility index (Phi) is 3.22. The second-order valence-electron chi connectivity index (χ2n) is 6.45. The molecule has 0 amide bonds. The van der Waals surface area contributed by atoms with E-state index in [0.29, 0.717) is 17.9 Å². The van der Waals surface area contributed by atoms with Crippen LogP contribution in [0.2, 0.25) is 0 Å². The fourth-order valence-electron chi connectivity index (χ4n) is 3.87. The Morgan fingerprint density at radius 3 is 2.35 bits per heavy atom. The van der Waals surface area contributed by atoms with Crippen molar-refractivity contribution < 1.29 is 14.3 Å². The van der Waals surface area contributed by atoms with Crippen LogP contribution in [0.25, 0.3) is 32.7 Å². The van der Waals surface area contributed by atoms with Crippen molar-refractivity contribution in [3.8, 4) is 16.9 Å². The molecule has 4 aromatic carbocycles. The van der Waals surface area contributed by atoms with E-state index >= 15 is 0 Å². The van der Waals surface area contributed by atoms with E-state index in [-0.39, 0.29) is 5.97 Å². The minimum atomic E-state index is -0.379. The van der Waals surface area contributed by atoms with Crippen molar-refractivity contribution in [2.24, 2.45) is 0 Å². The lowest BCUT2D eigenvalue weighted by atomic mass is 9.87. The molecule has 4 aromatic rings. The molecule has 0 unspecified atom stereocenters. The first-order chi connectivity index (χ1) is 12.8. The van der Waals surface area contributed by atoms with E-state index in [0.717, 1.165) is 27.5 Å². The first-order valence-electron chi connectivity index (χ1n) is 8.56. The van der Waals surface area contributed by atoms with Crippen LogP contribution in [0, 0.1) is 0 Å². The molecular weight excluding hydrogens is 324 g/mol.